The Bertz CT molecular complexity index is 540. The minimum Gasteiger partial charge on any atom is -0.508 e. The number of ether oxygens (including phenoxy) is 1. The Morgan fingerprint density at radius 2 is 1.94 bits per heavy atom. The van der Waals surface area contributed by atoms with Crippen molar-refractivity contribution in [2.24, 2.45) is 0 Å². The van der Waals surface area contributed by atoms with Gasteiger partial charge in [0.25, 0.3) is 0 Å². The van der Waals surface area contributed by atoms with Gasteiger partial charge < -0.3 is 14.9 Å². The van der Waals surface area contributed by atoms with Crippen LogP contribution in [0.15, 0.2) is 42.5 Å². The third-order valence-corrected chi connectivity index (χ3v) is 2.73. The van der Waals surface area contributed by atoms with E-state index in [1.165, 1.54) is 0 Å². The predicted octanol–water partition coefficient (Wildman–Crippen LogP) is 3.12. The quantitative estimate of drug-likeness (QED) is 0.892. The van der Waals surface area contributed by atoms with Crippen LogP contribution in [0.3, 0.4) is 0 Å². The van der Waals surface area contributed by atoms with E-state index in [-0.39, 0.29) is 12.4 Å². The molecule has 2 aromatic carbocycles. The summed E-state index contributed by atoms with van der Waals surface area (Å²) in [5.74, 6) is 0.792. The molecule has 0 aliphatic heterocycles. The summed E-state index contributed by atoms with van der Waals surface area (Å²) in [4.78, 5) is 0. The van der Waals surface area contributed by atoms with E-state index in [9.17, 15) is 10.2 Å². The monoisotopic (exact) mass is 264 g/mol. The molecule has 0 saturated carbocycles. The number of hydrogen-bond donors (Lipinski definition) is 2. The van der Waals surface area contributed by atoms with Gasteiger partial charge in [0, 0.05) is 10.6 Å². The second-order valence-electron chi connectivity index (χ2n) is 3.87. The summed E-state index contributed by atoms with van der Waals surface area (Å²) in [5.41, 5.74) is 1.50. The van der Waals surface area contributed by atoms with Crippen molar-refractivity contribution in [2.45, 2.75) is 13.2 Å². The average Bonchev–Trinajstić information content (AvgIpc) is 2.37. The summed E-state index contributed by atoms with van der Waals surface area (Å²) in [6, 6.07) is 11.9. The second-order valence-corrected chi connectivity index (χ2v) is 4.31. The Hall–Kier alpha value is -1.71. The molecule has 18 heavy (non-hydrogen) atoms. The van der Waals surface area contributed by atoms with E-state index in [4.69, 9.17) is 16.3 Å². The van der Waals surface area contributed by atoms with Crippen LogP contribution in [0.4, 0.5) is 0 Å². The fourth-order valence-corrected chi connectivity index (χ4v) is 1.81. The van der Waals surface area contributed by atoms with Crippen LogP contribution in [0.2, 0.25) is 5.02 Å². The maximum Gasteiger partial charge on any atom is 0.125 e. The standard InChI is InChI=1S/C14H13ClO3/c15-12-4-5-14(11(7-12)8-16)18-9-10-2-1-3-13(17)6-10/h1-7,16-17H,8-9H2. The van der Waals surface area contributed by atoms with E-state index in [0.29, 0.717) is 22.9 Å². The molecular formula is C14H13ClO3. The van der Waals surface area contributed by atoms with Crippen LogP contribution in [-0.2, 0) is 13.2 Å². The molecule has 0 spiro atoms. The molecule has 4 heteroatoms. The number of phenolic OH excluding ortho intramolecular Hbond substituents is 1. The minimum absolute atomic E-state index is 0.129. The Morgan fingerprint density at radius 1 is 1.11 bits per heavy atom. The molecule has 0 aliphatic carbocycles. The zero-order chi connectivity index (χ0) is 13.0. The Morgan fingerprint density at radius 3 is 2.67 bits per heavy atom. The van der Waals surface area contributed by atoms with Crippen molar-refractivity contribution in [1.29, 1.82) is 0 Å². The molecule has 0 saturated heterocycles. The molecule has 0 radical (unpaired) electrons. The first-order valence-electron chi connectivity index (χ1n) is 5.49. The third-order valence-electron chi connectivity index (χ3n) is 2.50. The van der Waals surface area contributed by atoms with Crippen LogP contribution < -0.4 is 4.74 Å². The molecule has 94 valence electrons. The van der Waals surface area contributed by atoms with Gasteiger partial charge in [-0.25, -0.2) is 0 Å². The SMILES string of the molecule is OCc1cc(Cl)ccc1OCc1cccc(O)c1. The highest BCUT2D eigenvalue weighted by Gasteiger charge is 2.04. The summed E-state index contributed by atoms with van der Waals surface area (Å²) in [6.45, 7) is 0.193. The van der Waals surface area contributed by atoms with Crippen LogP contribution in [-0.4, -0.2) is 10.2 Å². The fraction of sp³-hybridized carbons (Fsp3) is 0.143. The van der Waals surface area contributed by atoms with E-state index in [1.807, 2.05) is 6.07 Å². The van der Waals surface area contributed by atoms with Crippen molar-refractivity contribution in [3.8, 4) is 11.5 Å². The van der Waals surface area contributed by atoms with E-state index in [0.717, 1.165) is 5.56 Å². The molecule has 3 nitrogen and oxygen atoms in total. The summed E-state index contributed by atoms with van der Waals surface area (Å²) < 4.78 is 5.59. The molecule has 0 unspecified atom stereocenters. The summed E-state index contributed by atoms with van der Waals surface area (Å²) in [7, 11) is 0. The number of rotatable bonds is 4. The first kappa shape index (κ1) is 12.7. The van der Waals surface area contributed by atoms with Gasteiger partial charge in [-0.1, -0.05) is 23.7 Å². The van der Waals surface area contributed by atoms with Crippen LogP contribution >= 0.6 is 11.6 Å². The summed E-state index contributed by atoms with van der Waals surface area (Å²) in [5, 5.41) is 19.1. The molecule has 0 atom stereocenters. The van der Waals surface area contributed by atoms with Crippen LogP contribution in [0.25, 0.3) is 0 Å². The highest BCUT2D eigenvalue weighted by atomic mass is 35.5. The maximum atomic E-state index is 9.33. The molecule has 0 heterocycles. The Labute approximate surface area is 110 Å². The first-order chi connectivity index (χ1) is 8.69. The smallest absolute Gasteiger partial charge is 0.125 e. The van der Waals surface area contributed by atoms with Gasteiger partial charge in [-0.3, -0.25) is 0 Å². The lowest BCUT2D eigenvalue weighted by atomic mass is 10.2. The molecule has 0 aliphatic rings. The van der Waals surface area contributed by atoms with Gasteiger partial charge >= 0.3 is 0 Å². The summed E-state index contributed by atoms with van der Waals surface area (Å²) in [6.07, 6.45) is 0. The van der Waals surface area contributed by atoms with Gasteiger partial charge in [0.05, 0.1) is 6.61 Å². The largest absolute Gasteiger partial charge is 0.508 e. The van der Waals surface area contributed by atoms with Crippen molar-refractivity contribution >= 4 is 11.6 Å². The molecule has 0 fully saturated rings. The van der Waals surface area contributed by atoms with Crippen molar-refractivity contribution in [3.05, 3.63) is 58.6 Å². The molecular weight excluding hydrogens is 252 g/mol. The topological polar surface area (TPSA) is 49.7 Å². The molecule has 2 aromatic rings. The van der Waals surface area contributed by atoms with E-state index in [1.54, 1.807) is 36.4 Å². The molecule has 0 aromatic heterocycles. The Kier molecular flexibility index (Phi) is 4.07. The average molecular weight is 265 g/mol. The predicted molar refractivity (Wildman–Crippen MR) is 69.8 cm³/mol. The van der Waals surface area contributed by atoms with Gasteiger partial charge in [0.2, 0.25) is 0 Å². The lowest BCUT2D eigenvalue weighted by molar-refractivity contribution is 0.259. The van der Waals surface area contributed by atoms with Gasteiger partial charge in [-0.15, -0.1) is 0 Å². The van der Waals surface area contributed by atoms with Crippen molar-refractivity contribution in [1.82, 2.24) is 0 Å². The zero-order valence-corrected chi connectivity index (χ0v) is 10.4. The number of aliphatic hydroxyl groups is 1. The van der Waals surface area contributed by atoms with Crippen LogP contribution in [0, 0.1) is 0 Å². The van der Waals surface area contributed by atoms with Crippen molar-refractivity contribution < 1.29 is 14.9 Å². The van der Waals surface area contributed by atoms with E-state index in [2.05, 4.69) is 0 Å². The van der Waals surface area contributed by atoms with Gasteiger partial charge in [0.15, 0.2) is 0 Å². The highest BCUT2D eigenvalue weighted by Crippen LogP contribution is 2.24. The van der Waals surface area contributed by atoms with Crippen molar-refractivity contribution in [2.75, 3.05) is 0 Å². The molecule has 2 N–H and O–H groups in total. The lowest BCUT2D eigenvalue weighted by Crippen LogP contribution is -1.98. The van der Waals surface area contributed by atoms with Crippen LogP contribution in [0.1, 0.15) is 11.1 Å². The van der Waals surface area contributed by atoms with Gasteiger partial charge in [-0.2, -0.15) is 0 Å². The van der Waals surface area contributed by atoms with Crippen LogP contribution in [0.5, 0.6) is 11.5 Å². The highest BCUT2D eigenvalue weighted by molar-refractivity contribution is 6.30. The number of hydrogen-bond acceptors (Lipinski definition) is 3. The number of benzene rings is 2. The maximum absolute atomic E-state index is 9.33. The van der Waals surface area contributed by atoms with E-state index >= 15 is 0 Å². The van der Waals surface area contributed by atoms with Crippen molar-refractivity contribution in [3.63, 3.8) is 0 Å². The normalized spacial score (nSPS) is 10.3. The summed E-state index contributed by atoms with van der Waals surface area (Å²) >= 11 is 5.83. The number of phenols is 1. The molecule has 0 bridgehead atoms. The fourth-order valence-electron chi connectivity index (χ4n) is 1.62. The third kappa shape index (κ3) is 3.15. The Balaban J connectivity index is 2.10. The van der Waals surface area contributed by atoms with Gasteiger partial charge in [0.1, 0.15) is 18.1 Å². The zero-order valence-electron chi connectivity index (χ0n) is 9.64. The minimum atomic E-state index is -0.129. The number of aromatic hydroxyl groups is 1. The van der Waals surface area contributed by atoms with E-state index < -0.39 is 0 Å². The number of aliphatic hydroxyl groups excluding tert-OH is 1. The molecule has 2 rings (SSSR count). The van der Waals surface area contributed by atoms with Gasteiger partial charge in [-0.05, 0) is 35.9 Å². The number of halogens is 1. The molecule has 0 amide bonds. The second kappa shape index (κ2) is 5.76. The lowest BCUT2D eigenvalue weighted by Gasteiger charge is -2.10. The first-order valence-corrected chi connectivity index (χ1v) is 5.87.